The Labute approximate surface area is 131 Å². The maximum Gasteiger partial charge on any atom is 0.169 e. The number of nitriles is 2. The molecule has 2 aliphatic rings. The minimum atomic E-state index is -1.11. The van der Waals surface area contributed by atoms with E-state index in [1.165, 1.54) is 0 Å². The number of hydrogen-bond acceptors (Lipinski definition) is 3. The molecule has 22 heavy (non-hydrogen) atoms. The molecule has 3 heteroatoms. The van der Waals surface area contributed by atoms with Gasteiger partial charge in [0.25, 0.3) is 0 Å². The lowest BCUT2D eigenvalue weighted by Crippen LogP contribution is -2.21. The first-order valence-corrected chi connectivity index (χ1v) is 8.07. The van der Waals surface area contributed by atoms with E-state index in [0.717, 1.165) is 32.1 Å². The van der Waals surface area contributed by atoms with Gasteiger partial charge in [-0.05, 0) is 31.6 Å². The predicted octanol–water partition coefficient (Wildman–Crippen LogP) is 4.12. The highest BCUT2D eigenvalue weighted by Crippen LogP contribution is 2.75. The van der Waals surface area contributed by atoms with E-state index in [9.17, 15) is 15.3 Å². The van der Waals surface area contributed by atoms with Crippen LogP contribution in [0.4, 0.5) is 0 Å². The molecule has 3 rings (SSSR count). The average molecular weight is 292 g/mol. The minimum absolute atomic E-state index is 0.0290. The lowest BCUT2D eigenvalue weighted by Gasteiger charge is -2.29. The molecule has 2 aliphatic carbocycles. The number of carbonyl (C=O) groups is 1. The molecule has 0 amide bonds. The Bertz CT molecular complexity index is 643. The first kappa shape index (κ1) is 14.8. The van der Waals surface area contributed by atoms with Crippen LogP contribution in [0.2, 0.25) is 0 Å². The van der Waals surface area contributed by atoms with Crippen molar-refractivity contribution in [3.05, 3.63) is 35.9 Å². The fourth-order valence-corrected chi connectivity index (χ4v) is 4.47. The van der Waals surface area contributed by atoms with Crippen molar-refractivity contribution in [1.82, 2.24) is 0 Å². The van der Waals surface area contributed by atoms with Crippen LogP contribution in [-0.4, -0.2) is 5.78 Å². The van der Waals surface area contributed by atoms with Crippen LogP contribution >= 0.6 is 0 Å². The summed E-state index contributed by atoms with van der Waals surface area (Å²) in [4.78, 5) is 12.9. The highest BCUT2D eigenvalue weighted by molar-refractivity contribution is 6.02. The number of benzene rings is 1. The van der Waals surface area contributed by atoms with Gasteiger partial charge in [-0.2, -0.15) is 10.5 Å². The Morgan fingerprint density at radius 1 is 1.18 bits per heavy atom. The van der Waals surface area contributed by atoms with Gasteiger partial charge >= 0.3 is 0 Å². The van der Waals surface area contributed by atoms with Crippen molar-refractivity contribution >= 4 is 5.78 Å². The molecule has 0 aromatic heterocycles. The third kappa shape index (κ3) is 1.82. The first-order chi connectivity index (χ1) is 10.6. The Balaban J connectivity index is 1.93. The molecule has 1 aromatic rings. The molecule has 2 saturated carbocycles. The molecule has 0 N–H and O–H groups in total. The van der Waals surface area contributed by atoms with Crippen LogP contribution in [0.5, 0.6) is 0 Å². The zero-order valence-corrected chi connectivity index (χ0v) is 12.9. The van der Waals surface area contributed by atoms with Gasteiger partial charge < -0.3 is 0 Å². The van der Waals surface area contributed by atoms with E-state index in [2.05, 4.69) is 19.1 Å². The van der Waals surface area contributed by atoms with Gasteiger partial charge in [0.2, 0.25) is 0 Å². The van der Waals surface area contributed by atoms with E-state index in [-0.39, 0.29) is 5.78 Å². The molecule has 112 valence electrons. The lowest BCUT2D eigenvalue weighted by atomic mass is 9.74. The molecule has 1 aromatic carbocycles. The Morgan fingerprint density at radius 3 is 2.27 bits per heavy atom. The third-order valence-corrected chi connectivity index (χ3v) is 5.94. The summed E-state index contributed by atoms with van der Waals surface area (Å²) in [5, 5.41) is 19.3. The SMILES string of the molecule is CCC1CCC2(CC1)C(C(=O)c1ccccc1)C2(C#N)C#N. The third-order valence-electron chi connectivity index (χ3n) is 5.94. The molecule has 3 nitrogen and oxygen atoms in total. The molecular weight excluding hydrogens is 272 g/mol. The molecule has 0 heterocycles. The van der Waals surface area contributed by atoms with Crippen molar-refractivity contribution in [3.63, 3.8) is 0 Å². The summed E-state index contributed by atoms with van der Waals surface area (Å²) in [6, 6.07) is 13.5. The zero-order valence-electron chi connectivity index (χ0n) is 12.9. The standard InChI is InChI=1S/C19H20N2O/c1-2-14-8-10-18(11-9-14)17(19(18,12-20)13-21)16(22)15-6-4-3-5-7-15/h3-7,14,17H,2,8-11H2,1H3. The zero-order chi connectivity index (χ0) is 15.8. The Hall–Kier alpha value is -2.13. The summed E-state index contributed by atoms with van der Waals surface area (Å²) in [6.45, 7) is 2.18. The quantitative estimate of drug-likeness (QED) is 0.787. The van der Waals surface area contributed by atoms with E-state index >= 15 is 0 Å². The second-order valence-corrected chi connectivity index (χ2v) is 6.70. The summed E-state index contributed by atoms with van der Waals surface area (Å²) < 4.78 is 0. The highest BCUT2D eigenvalue weighted by Gasteiger charge is 2.80. The summed E-state index contributed by atoms with van der Waals surface area (Å²) in [6.07, 6.45) is 4.85. The van der Waals surface area contributed by atoms with E-state index < -0.39 is 16.7 Å². The van der Waals surface area contributed by atoms with Gasteiger partial charge in [0.15, 0.2) is 11.2 Å². The molecule has 2 fully saturated rings. The molecule has 0 radical (unpaired) electrons. The largest absolute Gasteiger partial charge is 0.294 e. The fourth-order valence-electron chi connectivity index (χ4n) is 4.47. The molecule has 1 spiro atoms. The summed E-state index contributed by atoms with van der Waals surface area (Å²) >= 11 is 0. The second-order valence-electron chi connectivity index (χ2n) is 6.70. The van der Waals surface area contributed by atoms with Crippen molar-refractivity contribution in [1.29, 1.82) is 10.5 Å². The highest BCUT2D eigenvalue weighted by atomic mass is 16.1. The second kappa shape index (κ2) is 5.25. The normalized spacial score (nSPS) is 32.0. The first-order valence-electron chi connectivity index (χ1n) is 8.07. The van der Waals surface area contributed by atoms with E-state index in [1.807, 2.05) is 18.2 Å². The van der Waals surface area contributed by atoms with Crippen molar-refractivity contribution in [3.8, 4) is 12.1 Å². The summed E-state index contributed by atoms with van der Waals surface area (Å²) in [7, 11) is 0. The van der Waals surface area contributed by atoms with Crippen LogP contribution in [0.1, 0.15) is 49.4 Å². The molecule has 0 aliphatic heterocycles. The molecule has 0 saturated heterocycles. The van der Waals surface area contributed by atoms with E-state index in [1.54, 1.807) is 12.1 Å². The van der Waals surface area contributed by atoms with Gasteiger partial charge in [0.1, 0.15) is 0 Å². The van der Waals surface area contributed by atoms with Crippen molar-refractivity contribution in [2.45, 2.75) is 39.0 Å². The molecule has 1 unspecified atom stereocenters. The summed E-state index contributed by atoms with van der Waals surface area (Å²) in [5.74, 6) is 0.197. The van der Waals surface area contributed by atoms with Crippen LogP contribution in [0.15, 0.2) is 30.3 Å². The number of Topliss-reactive ketones (excluding diaryl/α,β-unsaturated/α-hetero) is 1. The van der Waals surface area contributed by atoms with Crippen molar-refractivity contribution < 1.29 is 4.79 Å². The maximum absolute atomic E-state index is 12.9. The van der Waals surface area contributed by atoms with Crippen molar-refractivity contribution in [2.24, 2.45) is 22.7 Å². The van der Waals surface area contributed by atoms with E-state index in [4.69, 9.17) is 0 Å². The van der Waals surface area contributed by atoms with Gasteiger partial charge in [0, 0.05) is 11.0 Å². The van der Waals surface area contributed by atoms with Crippen LogP contribution < -0.4 is 0 Å². The lowest BCUT2D eigenvalue weighted by molar-refractivity contribution is 0.0931. The van der Waals surface area contributed by atoms with E-state index in [0.29, 0.717) is 11.5 Å². The summed E-state index contributed by atoms with van der Waals surface area (Å²) in [5.41, 5.74) is -0.898. The Morgan fingerprint density at radius 2 is 1.77 bits per heavy atom. The van der Waals surface area contributed by atoms with Gasteiger partial charge in [0.05, 0.1) is 18.1 Å². The molecular formula is C19H20N2O. The average Bonchev–Trinajstić information content (AvgIpc) is 3.16. The van der Waals surface area contributed by atoms with Gasteiger partial charge in [-0.25, -0.2) is 0 Å². The number of rotatable bonds is 3. The van der Waals surface area contributed by atoms with Gasteiger partial charge in [-0.15, -0.1) is 0 Å². The molecule has 1 atom stereocenters. The predicted molar refractivity (Wildman–Crippen MR) is 82.6 cm³/mol. The fraction of sp³-hybridized carbons (Fsp3) is 0.526. The van der Waals surface area contributed by atoms with Crippen molar-refractivity contribution in [2.75, 3.05) is 0 Å². The Kier molecular flexibility index (Phi) is 3.53. The van der Waals surface area contributed by atoms with Crippen LogP contribution in [0, 0.1) is 45.3 Å². The number of ketones is 1. The van der Waals surface area contributed by atoms with Crippen LogP contribution in [0.3, 0.4) is 0 Å². The van der Waals surface area contributed by atoms with Gasteiger partial charge in [-0.1, -0.05) is 43.7 Å². The topological polar surface area (TPSA) is 64.7 Å². The monoisotopic (exact) mass is 292 g/mol. The van der Waals surface area contributed by atoms with Crippen LogP contribution in [-0.2, 0) is 0 Å². The van der Waals surface area contributed by atoms with Crippen LogP contribution in [0.25, 0.3) is 0 Å². The number of nitrogens with zero attached hydrogens (tertiary/aromatic N) is 2. The minimum Gasteiger partial charge on any atom is -0.294 e. The number of carbonyl (C=O) groups excluding carboxylic acids is 1. The smallest absolute Gasteiger partial charge is 0.169 e. The number of hydrogen-bond donors (Lipinski definition) is 0. The van der Waals surface area contributed by atoms with Gasteiger partial charge in [-0.3, -0.25) is 4.79 Å². The molecule has 0 bridgehead atoms. The maximum atomic E-state index is 12.9.